The average molecular weight is 262 g/mol. The van der Waals surface area contributed by atoms with Gasteiger partial charge in [-0.1, -0.05) is 28.9 Å². The molecule has 0 amide bonds. The molecule has 2 nitrogen and oxygen atoms in total. The van der Waals surface area contributed by atoms with Gasteiger partial charge in [-0.05, 0) is 18.6 Å². The standard InChI is InChI=1S/C10H13BrFNO/c1-2-9(14)10(13)7-4-3-6(11)5-8(7)12/h3-5,9-10,14H,2,13H2,1H3/t9-,10+/m1/s1. The summed E-state index contributed by atoms with van der Waals surface area (Å²) in [4.78, 5) is 0. The summed E-state index contributed by atoms with van der Waals surface area (Å²) >= 11 is 3.16. The van der Waals surface area contributed by atoms with Crippen LogP contribution in [0.5, 0.6) is 0 Å². The van der Waals surface area contributed by atoms with Crippen LogP contribution in [0.1, 0.15) is 24.9 Å². The highest BCUT2D eigenvalue weighted by molar-refractivity contribution is 9.10. The van der Waals surface area contributed by atoms with Crippen LogP contribution >= 0.6 is 15.9 Å². The molecule has 14 heavy (non-hydrogen) atoms. The molecule has 78 valence electrons. The fourth-order valence-electron chi connectivity index (χ4n) is 1.23. The molecule has 0 saturated carbocycles. The Morgan fingerprint density at radius 2 is 2.21 bits per heavy atom. The SMILES string of the molecule is CC[C@@H](O)[C@@H](N)c1ccc(Br)cc1F. The lowest BCUT2D eigenvalue weighted by Gasteiger charge is -2.18. The molecule has 1 aromatic carbocycles. The van der Waals surface area contributed by atoms with Gasteiger partial charge in [-0.2, -0.15) is 0 Å². The maximum Gasteiger partial charge on any atom is 0.129 e. The van der Waals surface area contributed by atoms with Crippen molar-refractivity contribution in [2.24, 2.45) is 5.73 Å². The van der Waals surface area contributed by atoms with E-state index in [1.54, 1.807) is 19.1 Å². The maximum atomic E-state index is 13.4. The summed E-state index contributed by atoms with van der Waals surface area (Å²) in [6.07, 6.45) is -0.192. The van der Waals surface area contributed by atoms with Crippen molar-refractivity contribution in [2.75, 3.05) is 0 Å². The molecule has 4 heteroatoms. The predicted octanol–water partition coefficient (Wildman–Crippen LogP) is 2.36. The van der Waals surface area contributed by atoms with E-state index in [4.69, 9.17) is 5.73 Å². The van der Waals surface area contributed by atoms with Crippen molar-refractivity contribution in [3.63, 3.8) is 0 Å². The molecular weight excluding hydrogens is 249 g/mol. The lowest BCUT2D eigenvalue weighted by atomic mass is 10.0. The van der Waals surface area contributed by atoms with Gasteiger partial charge in [-0.3, -0.25) is 0 Å². The van der Waals surface area contributed by atoms with Crippen LogP contribution < -0.4 is 5.73 Å². The first-order chi connectivity index (χ1) is 6.56. The lowest BCUT2D eigenvalue weighted by molar-refractivity contribution is 0.139. The molecule has 0 bridgehead atoms. The van der Waals surface area contributed by atoms with Crippen LogP contribution in [0.4, 0.5) is 4.39 Å². The molecular formula is C10H13BrFNO. The molecule has 0 spiro atoms. The zero-order valence-corrected chi connectivity index (χ0v) is 9.46. The second kappa shape index (κ2) is 4.87. The Kier molecular flexibility index (Phi) is 4.04. The Bertz CT molecular complexity index is 319. The topological polar surface area (TPSA) is 46.2 Å². The summed E-state index contributed by atoms with van der Waals surface area (Å²) in [6, 6.07) is 3.98. The summed E-state index contributed by atoms with van der Waals surface area (Å²) in [7, 11) is 0. The van der Waals surface area contributed by atoms with Crippen molar-refractivity contribution in [1.82, 2.24) is 0 Å². The lowest BCUT2D eigenvalue weighted by Crippen LogP contribution is -2.26. The van der Waals surface area contributed by atoms with Crippen LogP contribution in [0.2, 0.25) is 0 Å². The van der Waals surface area contributed by atoms with E-state index in [0.29, 0.717) is 16.5 Å². The maximum absolute atomic E-state index is 13.4. The molecule has 0 aliphatic carbocycles. The highest BCUT2D eigenvalue weighted by Gasteiger charge is 2.18. The Hall–Kier alpha value is -0.450. The van der Waals surface area contributed by atoms with Gasteiger partial charge in [-0.15, -0.1) is 0 Å². The first kappa shape index (κ1) is 11.6. The number of benzene rings is 1. The normalized spacial score (nSPS) is 15.2. The van der Waals surface area contributed by atoms with Crippen molar-refractivity contribution >= 4 is 15.9 Å². The van der Waals surface area contributed by atoms with Crippen LogP contribution in [0.3, 0.4) is 0 Å². The zero-order chi connectivity index (χ0) is 10.7. The van der Waals surface area contributed by atoms with Crippen molar-refractivity contribution in [3.05, 3.63) is 34.1 Å². The number of nitrogens with two attached hydrogens (primary N) is 1. The molecule has 2 atom stereocenters. The Labute approximate surface area is 91.1 Å². The summed E-state index contributed by atoms with van der Waals surface area (Å²) in [6.45, 7) is 1.81. The van der Waals surface area contributed by atoms with Crippen LogP contribution in [-0.2, 0) is 0 Å². The summed E-state index contributed by atoms with van der Waals surface area (Å²) < 4.78 is 14.0. The monoisotopic (exact) mass is 261 g/mol. The molecule has 0 saturated heterocycles. The zero-order valence-electron chi connectivity index (χ0n) is 7.87. The van der Waals surface area contributed by atoms with Gasteiger partial charge in [0.1, 0.15) is 5.82 Å². The van der Waals surface area contributed by atoms with Gasteiger partial charge in [0.2, 0.25) is 0 Å². The molecule has 0 unspecified atom stereocenters. The second-order valence-electron chi connectivity index (χ2n) is 3.17. The fraction of sp³-hybridized carbons (Fsp3) is 0.400. The van der Waals surface area contributed by atoms with Gasteiger partial charge in [0, 0.05) is 10.0 Å². The Morgan fingerprint density at radius 3 is 2.71 bits per heavy atom. The van der Waals surface area contributed by atoms with E-state index in [2.05, 4.69) is 15.9 Å². The molecule has 1 aromatic rings. The quantitative estimate of drug-likeness (QED) is 0.878. The number of halogens is 2. The average Bonchev–Trinajstić information content (AvgIpc) is 2.15. The van der Waals surface area contributed by atoms with Crippen molar-refractivity contribution < 1.29 is 9.50 Å². The smallest absolute Gasteiger partial charge is 0.129 e. The van der Waals surface area contributed by atoms with Crippen molar-refractivity contribution in [2.45, 2.75) is 25.5 Å². The highest BCUT2D eigenvalue weighted by Crippen LogP contribution is 2.22. The van der Waals surface area contributed by atoms with Gasteiger partial charge >= 0.3 is 0 Å². The first-order valence-electron chi connectivity index (χ1n) is 4.44. The van der Waals surface area contributed by atoms with Gasteiger partial charge in [0.05, 0.1) is 12.1 Å². The highest BCUT2D eigenvalue weighted by atomic mass is 79.9. The Morgan fingerprint density at radius 1 is 1.57 bits per heavy atom. The van der Waals surface area contributed by atoms with E-state index in [1.165, 1.54) is 6.07 Å². The third-order valence-electron chi connectivity index (χ3n) is 2.15. The van der Waals surface area contributed by atoms with E-state index in [-0.39, 0.29) is 5.82 Å². The number of rotatable bonds is 3. The molecule has 0 aliphatic rings. The summed E-state index contributed by atoms with van der Waals surface area (Å²) in [5.41, 5.74) is 6.04. The minimum absolute atomic E-state index is 0.350. The van der Waals surface area contributed by atoms with Gasteiger partial charge in [0.25, 0.3) is 0 Å². The largest absolute Gasteiger partial charge is 0.391 e. The third kappa shape index (κ3) is 2.53. The number of hydrogen-bond donors (Lipinski definition) is 2. The number of aliphatic hydroxyl groups is 1. The summed E-state index contributed by atoms with van der Waals surface area (Å²) in [5.74, 6) is -0.389. The second-order valence-corrected chi connectivity index (χ2v) is 4.08. The van der Waals surface area contributed by atoms with E-state index in [0.717, 1.165) is 0 Å². The molecule has 0 fully saturated rings. The van der Waals surface area contributed by atoms with Crippen molar-refractivity contribution in [3.8, 4) is 0 Å². The minimum atomic E-state index is -0.703. The minimum Gasteiger partial charge on any atom is -0.391 e. The van der Waals surface area contributed by atoms with E-state index in [1.807, 2.05) is 0 Å². The number of aliphatic hydroxyl groups excluding tert-OH is 1. The Balaban J connectivity index is 2.95. The van der Waals surface area contributed by atoms with Crippen LogP contribution in [0.15, 0.2) is 22.7 Å². The van der Waals surface area contributed by atoms with Crippen LogP contribution in [0, 0.1) is 5.82 Å². The van der Waals surface area contributed by atoms with E-state index >= 15 is 0 Å². The van der Waals surface area contributed by atoms with Crippen molar-refractivity contribution in [1.29, 1.82) is 0 Å². The molecule has 0 aromatic heterocycles. The first-order valence-corrected chi connectivity index (χ1v) is 5.24. The van der Waals surface area contributed by atoms with Crippen LogP contribution in [0.25, 0.3) is 0 Å². The van der Waals surface area contributed by atoms with Gasteiger partial charge in [-0.25, -0.2) is 4.39 Å². The van der Waals surface area contributed by atoms with E-state index < -0.39 is 12.1 Å². The number of hydrogen-bond acceptors (Lipinski definition) is 2. The predicted molar refractivity (Wildman–Crippen MR) is 57.3 cm³/mol. The fourth-order valence-corrected chi connectivity index (χ4v) is 1.57. The third-order valence-corrected chi connectivity index (χ3v) is 2.65. The van der Waals surface area contributed by atoms with E-state index in [9.17, 15) is 9.50 Å². The molecule has 0 heterocycles. The van der Waals surface area contributed by atoms with Gasteiger partial charge < -0.3 is 10.8 Å². The summed E-state index contributed by atoms with van der Waals surface area (Å²) in [5, 5.41) is 9.47. The molecule has 0 radical (unpaired) electrons. The molecule has 1 rings (SSSR count). The van der Waals surface area contributed by atoms with Gasteiger partial charge in [0.15, 0.2) is 0 Å². The molecule has 3 N–H and O–H groups in total. The molecule has 0 aliphatic heterocycles. The van der Waals surface area contributed by atoms with Crippen LogP contribution in [-0.4, -0.2) is 11.2 Å².